The number of anilines is 2. The number of hydrogen-bond donors (Lipinski definition) is 1. The van der Waals surface area contributed by atoms with Crippen LogP contribution in [0.5, 0.6) is 0 Å². The number of carbonyl (C=O) groups excluding carboxylic acids is 2. The third-order valence-corrected chi connectivity index (χ3v) is 4.36. The molecule has 118 valence electrons. The fourth-order valence-electron chi connectivity index (χ4n) is 2.52. The van der Waals surface area contributed by atoms with Gasteiger partial charge in [-0.3, -0.25) is 9.59 Å². The predicted molar refractivity (Wildman–Crippen MR) is 89.4 cm³/mol. The molecule has 3 rings (SSSR count). The first-order chi connectivity index (χ1) is 11.1. The maximum atomic E-state index is 12.7. The van der Waals surface area contributed by atoms with Gasteiger partial charge in [0.05, 0.1) is 17.1 Å². The molecule has 0 unspecified atom stereocenters. The zero-order valence-corrected chi connectivity index (χ0v) is 13.4. The number of benzene rings is 1. The van der Waals surface area contributed by atoms with Crippen molar-refractivity contribution < 1.29 is 9.59 Å². The van der Waals surface area contributed by atoms with Crippen molar-refractivity contribution >= 4 is 35.0 Å². The van der Waals surface area contributed by atoms with Crippen LogP contribution in [0, 0.1) is 0 Å². The summed E-state index contributed by atoms with van der Waals surface area (Å²) in [5.74, 6) is 0.0647. The normalized spacial score (nSPS) is 17.2. The number of fused-ring (bicyclic) bond motifs is 1. The van der Waals surface area contributed by atoms with E-state index >= 15 is 0 Å². The van der Waals surface area contributed by atoms with Gasteiger partial charge in [0.2, 0.25) is 11.8 Å². The molecule has 0 saturated heterocycles. The summed E-state index contributed by atoms with van der Waals surface area (Å²) in [5, 5.41) is 3.41. The molecule has 0 spiro atoms. The fourth-order valence-corrected chi connectivity index (χ4v) is 3.19. The first-order valence-electron chi connectivity index (χ1n) is 7.26. The molecule has 1 aliphatic heterocycles. The Morgan fingerprint density at radius 2 is 2.04 bits per heavy atom. The van der Waals surface area contributed by atoms with E-state index < -0.39 is 0 Å². The van der Waals surface area contributed by atoms with Crippen LogP contribution >= 0.6 is 11.8 Å². The topological polar surface area (TPSA) is 75.2 Å². The van der Waals surface area contributed by atoms with Gasteiger partial charge in [-0.05, 0) is 25.1 Å². The van der Waals surface area contributed by atoms with Gasteiger partial charge in [-0.1, -0.05) is 23.9 Å². The molecule has 0 aliphatic carbocycles. The minimum absolute atomic E-state index is 0.0705. The molecule has 7 heteroatoms. The van der Waals surface area contributed by atoms with E-state index in [4.69, 9.17) is 0 Å². The van der Waals surface area contributed by atoms with Crippen LogP contribution < -0.4 is 10.2 Å². The summed E-state index contributed by atoms with van der Waals surface area (Å²) >= 11 is 1.29. The lowest BCUT2D eigenvalue weighted by Gasteiger charge is -2.27. The molecule has 23 heavy (non-hydrogen) atoms. The highest BCUT2D eigenvalue weighted by Crippen LogP contribution is 2.31. The van der Waals surface area contributed by atoms with Crippen molar-refractivity contribution in [2.45, 2.75) is 24.5 Å². The molecule has 1 atom stereocenters. The van der Waals surface area contributed by atoms with E-state index in [2.05, 4.69) is 15.3 Å². The van der Waals surface area contributed by atoms with E-state index in [0.29, 0.717) is 10.8 Å². The molecule has 0 fully saturated rings. The monoisotopic (exact) mass is 328 g/mol. The van der Waals surface area contributed by atoms with E-state index in [0.717, 1.165) is 5.69 Å². The van der Waals surface area contributed by atoms with Crippen LogP contribution in [-0.4, -0.2) is 33.6 Å². The zero-order chi connectivity index (χ0) is 16.2. The van der Waals surface area contributed by atoms with Crippen LogP contribution in [0.15, 0.2) is 47.9 Å². The molecule has 1 N–H and O–H groups in total. The number of para-hydroxylation sites is 2. The Hall–Kier alpha value is -2.41. The van der Waals surface area contributed by atoms with Crippen LogP contribution in [-0.2, 0) is 9.59 Å². The van der Waals surface area contributed by atoms with Crippen molar-refractivity contribution in [2.24, 2.45) is 0 Å². The second kappa shape index (κ2) is 6.78. The van der Waals surface area contributed by atoms with E-state index in [1.54, 1.807) is 29.4 Å². The molecule has 0 bridgehead atoms. The molecule has 2 amide bonds. The standard InChI is InChI=1S/C16H16N4O2S/c1-11-9-14(21)19-12-5-2-3-6-13(12)20(11)15(22)10-23-16-17-7-4-8-18-16/h2-8,11H,9-10H2,1H3,(H,19,21)/t11-/m0/s1. The Balaban J connectivity index is 1.82. The quantitative estimate of drug-likeness (QED) is 0.691. The highest BCUT2D eigenvalue weighted by molar-refractivity contribution is 7.99. The molecule has 2 aromatic rings. The smallest absolute Gasteiger partial charge is 0.237 e. The number of amides is 2. The molecule has 2 heterocycles. The van der Waals surface area contributed by atoms with Crippen LogP contribution in [0.4, 0.5) is 11.4 Å². The van der Waals surface area contributed by atoms with Gasteiger partial charge in [0.1, 0.15) is 0 Å². The molecule has 6 nitrogen and oxygen atoms in total. The average molecular weight is 328 g/mol. The van der Waals surface area contributed by atoms with Gasteiger partial charge in [-0.2, -0.15) is 0 Å². The Kier molecular flexibility index (Phi) is 4.57. The number of hydrogen-bond acceptors (Lipinski definition) is 5. The lowest BCUT2D eigenvalue weighted by Crippen LogP contribution is -2.40. The Morgan fingerprint density at radius 3 is 2.83 bits per heavy atom. The van der Waals surface area contributed by atoms with Crippen molar-refractivity contribution in [2.75, 3.05) is 16.0 Å². The largest absolute Gasteiger partial charge is 0.324 e. The van der Waals surface area contributed by atoms with E-state index in [-0.39, 0.29) is 30.0 Å². The summed E-state index contributed by atoms with van der Waals surface area (Å²) < 4.78 is 0. The van der Waals surface area contributed by atoms with Gasteiger partial charge < -0.3 is 10.2 Å². The van der Waals surface area contributed by atoms with Gasteiger partial charge in [0.25, 0.3) is 0 Å². The van der Waals surface area contributed by atoms with E-state index in [9.17, 15) is 9.59 Å². The van der Waals surface area contributed by atoms with Gasteiger partial charge in [0.15, 0.2) is 5.16 Å². The summed E-state index contributed by atoms with van der Waals surface area (Å²) in [6.45, 7) is 1.88. The highest BCUT2D eigenvalue weighted by atomic mass is 32.2. The summed E-state index contributed by atoms with van der Waals surface area (Å²) in [4.78, 5) is 34.5. The first-order valence-corrected chi connectivity index (χ1v) is 8.24. The van der Waals surface area contributed by atoms with E-state index in [1.807, 2.05) is 25.1 Å². The van der Waals surface area contributed by atoms with Gasteiger partial charge in [-0.15, -0.1) is 0 Å². The number of carbonyl (C=O) groups is 2. The molecule has 1 aliphatic rings. The third kappa shape index (κ3) is 3.50. The second-order valence-corrected chi connectivity index (χ2v) is 6.14. The molecule has 1 aromatic carbocycles. The Morgan fingerprint density at radius 1 is 1.30 bits per heavy atom. The number of nitrogens with zero attached hydrogens (tertiary/aromatic N) is 3. The predicted octanol–water partition coefficient (Wildman–Crippen LogP) is 2.33. The lowest BCUT2D eigenvalue weighted by molar-refractivity contribution is -0.117. The average Bonchev–Trinajstić information content (AvgIpc) is 2.68. The van der Waals surface area contributed by atoms with Crippen molar-refractivity contribution in [3.63, 3.8) is 0 Å². The molecular formula is C16H16N4O2S. The van der Waals surface area contributed by atoms with Crippen molar-refractivity contribution in [3.8, 4) is 0 Å². The lowest BCUT2D eigenvalue weighted by atomic mass is 10.2. The number of nitrogens with one attached hydrogen (secondary N) is 1. The Labute approximate surface area is 138 Å². The molecule has 1 aromatic heterocycles. The third-order valence-electron chi connectivity index (χ3n) is 3.49. The molecule has 0 radical (unpaired) electrons. The number of rotatable bonds is 3. The van der Waals surface area contributed by atoms with Gasteiger partial charge in [0, 0.05) is 24.9 Å². The van der Waals surface area contributed by atoms with Crippen LogP contribution in [0.25, 0.3) is 0 Å². The van der Waals surface area contributed by atoms with Crippen LogP contribution in [0.2, 0.25) is 0 Å². The molecule has 0 saturated carbocycles. The summed E-state index contributed by atoms with van der Waals surface area (Å²) in [6.07, 6.45) is 3.56. The van der Waals surface area contributed by atoms with Gasteiger partial charge in [-0.25, -0.2) is 9.97 Å². The van der Waals surface area contributed by atoms with Crippen LogP contribution in [0.1, 0.15) is 13.3 Å². The Bertz CT molecular complexity index is 723. The minimum Gasteiger partial charge on any atom is -0.324 e. The van der Waals surface area contributed by atoms with E-state index in [1.165, 1.54) is 11.8 Å². The fraction of sp³-hybridized carbons (Fsp3) is 0.250. The summed E-state index contributed by atoms with van der Waals surface area (Å²) in [6, 6.07) is 8.87. The van der Waals surface area contributed by atoms with Crippen molar-refractivity contribution in [3.05, 3.63) is 42.7 Å². The SMILES string of the molecule is C[C@H]1CC(=O)Nc2ccccc2N1C(=O)CSc1ncccn1. The van der Waals surface area contributed by atoms with Crippen molar-refractivity contribution in [1.82, 2.24) is 9.97 Å². The number of thioether (sulfide) groups is 1. The van der Waals surface area contributed by atoms with Crippen LogP contribution in [0.3, 0.4) is 0 Å². The molecular weight excluding hydrogens is 312 g/mol. The van der Waals surface area contributed by atoms with Gasteiger partial charge >= 0.3 is 0 Å². The summed E-state index contributed by atoms with van der Waals surface area (Å²) in [7, 11) is 0. The second-order valence-electron chi connectivity index (χ2n) is 5.20. The van der Waals surface area contributed by atoms with Crippen molar-refractivity contribution in [1.29, 1.82) is 0 Å². The minimum atomic E-state index is -0.205. The zero-order valence-electron chi connectivity index (χ0n) is 12.6. The maximum Gasteiger partial charge on any atom is 0.237 e. The number of aromatic nitrogens is 2. The maximum absolute atomic E-state index is 12.7. The summed E-state index contributed by atoms with van der Waals surface area (Å²) in [5.41, 5.74) is 1.39. The first kappa shape index (κ1) is 15.5. The highest BCUT2D eigenvalue weighted by Gasteiger charge is 2.29.